The smallest absolute Gasteiger partial charge is 0.351 e. The number of likely N-dealkylation sites (tertiary alicyclic amines) is 1. The minimum Gasteiger partial charge on any atom is -0.497 e. The lowest BCUT2D eigenvalue weighted by Gasteiger charge is -2.32. The number of hydrogen-bond acceptors (Lipinski definition) is 4. The van der Waals surface area contributed by atoms with Crippen LogP contribution in [0, 0.1) is 0 Å². The zero-order valence-corrected chi connectivity index (χ0v) is 19.4. The number of aryl methyl sites for hydroxylation is 1. The average molecular weight is 475 g/mol. The molecule has 1 aliphatic rings. The molecular formula is C26H32F2N2O4. The van der Waals surface area contributed by atoms with Crippen LogP contribution < -0.4 is 10.1 Å². The van der Waals surface area contributed by atoms with Crippen molar-refractivity contribution in [3.63, 3.8) is 0 Å². The molecule has 2 N–H and O–H groups in total. The van der Waals surface area contributed by atoms with Crippen LogP contribution in [0.1, 0.15) is 36.8 Å². The Labute approximate surface area is 198 Å². The fourth-order valence-electron chi connectivity index (χ4n) is 4.27. The molecule has 1 saturated heterocycles. The molecule has 6 nitrogen and oxygen atoms in total. The molecule has 1 heterocycles. The number of alkyl halides is 2. The Kier molecular flexibility index (Phi) is 8.98. The SMILES string of the molecule is COc1ccc(CCCC(=O)N2CCCC2C(O)C(F)(F)C(=O)NCCc2ccccc2)cc1. The summed E-state index contributed by atoms with van der Waals surface area (Å²) < 4.78 is 34.6. The van der Waals surface area contributed by atoms with E-state index in [9.17, 15) is 23.5 Å². The lowest BCUT2D eigenvalue weighted by molar-refractivity contribution is -0.172. The molecule has 1 fully saturated rings. The van der Waals surface area contributed by atoms with Gasteiger partial charge in [-0.15, -0.1) is 0 Å². The van der Waals surface area contributed by atoms with Gasteiger partial charge in [0.2, 0.25) is 5.91 Å². The first kappa shape index (κ1) is 25.6. The standard InChI is InChI=1S/C26H32F2N2O4/c1-34-21-14-12-20(13-15-21)9-5-11-23(31)30-18-6-10-22(30)24(32)26(27,28)25(33)29-17-16-19-7-3-2-4-8-19/h2-4,7-8,12-15,22,24,32H,5-6,9-11,16-18H2,1H3,(H,29,33). The van der Waals surface area contributed by atoms with E-state index in [-0.39, 0.29) is 25.3 Å². The summed E-state index contributed by atoms with van der Waals surface area (Å²) >= 11 is 0. The van der Waals surface area contributed by atoms with E-state index < -0.39 is 24.0 Å². The van der Waals surface area contributed by atoms with Gasteiger partial charge in [0.1, 0.15) is 11.9 Å². The topological polar surface area (TPSA) is 78.9 Å². The molecule has 34 heavy (non-hydrogen) atoms. The van der Waals surface area contributed by atoms with Gasteiger partial charge in [0, 0.05) is 19.5 Å². The zero-order chi connectivity index (χ0) is 24.6. The molecule has 184 valence electrons. The molecule has 0 radical (unpaired) electrons. The number of aliphatic hydroxyl groups is 1. The van der Waals surface area contributed by atoms with Crippen molar-refractivity contribution < 1.29 is 28.2 Å². The number of hydrogen-bond donors (Lipinski definition) is 2. The summed E-state index contributed by atoms with van der Waals surface area (Å²) in [5.74, 6) is -5.04. The second-order valence-corrected chi connectivity index (χ2v) is 8.56. The Morgan fingerprint density at radius 1 is 1.12 bits per heavy atom. The fraction of sp³-hybridized carbons (Fsp3) is 0.462. The van der Waals surface area contributed by atoms with Gasteiger partial charge in [-0.05, 0) is 55.4 Å². The van der Waals surface area contributed by atoms with E-state index in [1.54, 1.807) is 7.11 Å². The molecule has 2 amide bonds. The number of carbonyl (C=O) groups is 2. The third-order valence-corrected chi connectivity index (χ3v) is 6.22. The van der Waals surface area contributed by atoms with Gasteiger partial charge in [-0.25, -0.2) is 0 Å². The van der Waals surface area contributed by atoms with E-state index in [0.717, 1.165) is 16.9 Å². The van der Waals surface area contributed by atoms with Crippen molar-refractivity contribution in [2.45, 2.75) is 56.6 Å². The summed E-state index contributed by atoms with van der Waals surface area (Å²) in [7, 11) is 1.59. The summed E-state index contributed by atoms with van der Waals surface area (Å²) in [6.45, 7) is 0.332. The maximum Gasteiger partial charge on any atom is 0.351 e. The van der Waals surface area contributed by atoms with Crippen molar-refractivity contribution in [3.8, 4) is 5.75 Å². The fourth-order valence-corrected chi connectivity index (χ4v) is 4.27. The van der Waals surface area contributed by atoms with Gasteiger partial charge in [0.25, 0.3) is 5.91 Å². The first-order valence-electron chi connectivity index (χ1n) is 11.6. The van der Waals surface area contributed by atoms with Crippen LogP contribution in [0.15, 0.2) is 54.6 Å². The van der Waals surface area contributed by atoms with E-state index in [1.807, 2.05) is 54.6 Å². The quantitative estimate of drug-likeness (QED) is 0.524. The van der Waals surface area contributed by atoms with E-state index in [4.69, 9.17) is 4.74 Å². The number of nitrogens with one attached hydrogen (secondary N) is 1. The molecule has 2 aromatic carbocycles. The Hall–Kier alpha value is -3.00. The average Bonchev–Trinajstić information content (AvgIpc) is 3.34. The number of aliphatic hydroxyl groups excluding tert-OH is 1. The van der Waals surface area contributed by atoms with Crippen molar-refractivity contribution in [2.75, 3.05) is 20.2 Å². The van der Waals surface area contributed by atoms with Gasteiger partial charge < -0.3 is 20.1 Å². The number of nitrogens with zero attached hydrogens (tertiary/aromatic N) is 1. The van der Waals surface area contributed by atoms with Crippen LogP contribution in [0.4, 0.5) is 8.78 Å². The van der Waals surface area contributed by atoms with Crippen molar-refractivity contribution in [1.29, 1.82) is 0 Å². The van der Waals surface area contributed by atoms with Gasteiger partial charge in [0.15, 0.2) is 0 Å². The molecule has 0 bridgehead atoms. The summed E-state index contributed by atoms with van der Waals surface area (Å²) in [6.07, 6.45) is 0.302. The molecule has 0 saturated carbocycles. The summed E-state index contributed by atoms with van der Waals surface area (Å²) in [5, 5.41) is 12.6. The minimum absolute atomic E-state index is 0.0316. The Morgan fingerprint density at radius 2 is 1.79 bits per heavy atom. The molecule has 1 aliphatic heterocycles. The normalized spacial score (nSPS) is 16.8. The van der Waals surface area contributed by atoms with E-state index in [1.165, 1.54) is 4.90 Å². The highest BCUT2D eigenvalue weighted by Gasteiger charge is 2.52. The van der Waals surface area contributed by atoms with Crippen LogP contribution in [0.25, 0.3) is 0 Å². The first-order valence-corrected chi connectivity index (χ1v) is 11.6. The second-order valence-electron chi connectivity index (χ2n) is 8.56. The summed E-state index contributed by atoms with van der Waals surface area (Å²) in [6, 6.07) is 15.6. The maximum atomic E-state index is 14.8. The number of methoxy groups -OCH3 is 1. The van der Waals surface area contributed by atoms with Crippen LogP contribution in [0.2, 0.25) is 0 Å². The van der Waals surface area contributed by atoms with Crippen LogP contribution >= 0.6 is 0 Å². The molecular weight excluding hydrogens is 442 g/mol. The predicted molar refractivity (Wildman–Crippen MR) is 125 cm³/mol. The first-order chi connectivity index (χ1) is 16.3. The molecule has 2 aromatic rings. The van der Waals surface area contributed by atoms with E-state index in [2.05, 4.69) is 5.32 Å². The van der Waals surface area contributed by atoms with Crippen molar-refractivity contribution in [1.82, 2.24) is 10.2 Å². The lowest BCUT2D eigenvalue weighted by Crippen LogP contribution is -2.57. The van der Waals surface area contributed by atoms with Crippen molar-refractivity contribution >= 4 is 11.8 Å². The number of carbonyl (C=O) groups excluding carboxylic acids is 2. The number of benzene rings is 2. The highest BCUT2D eigenvalue weighted by Crippen LogP contribution is 2.30. The molecule has 8 heteroatoms. The second kappa shape index (κ2) is 11.9. The monoisotopic (exact) mass is 474 g/mol. The van der Waals surface area contributed by atoms with Crippen LogP contribution in [0.3, 0.4) is 0 Å². The number of amides is 2. The molecule has 2 atom stereocenters. The van der Waals surface area contributed by atoms with Gasteiger partial charge in [-0.2, -0.15) is 8.78 Å². The molecule has 0 aromatic heterocycles. The van der Waals surface area contributed by atoms with Gasteiger partial charge in [-0.1, -0.05) is 42.5 Å². The van der Waals surface area contributed by atoms with Gasteiger partial charge in [-0.3, -0.25) is 9.59 Å². The van der Waals surface area contributed by atoms with E-state index >= 15 is 0 Å². The molecule has 2 unspecified atom stereocenters. The molecule has 3 rings (SSSR count). The zero-order valence-electron chi connectivity index (χ0n) is 19.4. The predicted octanol–water partition coefficient (Wildman–Crippen LogP) is 3.36. The number of ether oxygens (including phenoxy) is 1. The van der Waals surface area contributed by atoms with Crippen LogP contribution in [-0.4, -0.2) is 60.1 Å². The van der Waals surface area contributed by atoms with Gasteiger partial charge in [0.05, 0.1) is 13.2 Å². The molecule has 0 aliphatic carbocycles. The Morgan fingerprint density at radius 3 is 2.47 bits per heavy atom. The highest BCUT2D eigenvalue weighted by atomic mass is 19.3. The minimum atomic E-state index is -3.99. The Balaban J connectivity index is 1.50. The third-order valence-electron chi connectivity index (χ3n) is 6.22. The van der Waals surface area contributed by atoms with Crippen LogP contribution in [-0.2, 0) is 22.4 Å². The largest absolute Gasteiger partial charge is 0.497 e. The third kappa shape index (κ3) is 6.53. The van der Waals surface area contributed by atoms with Crippen molar-refractivity contribution in [2.24, 2.45) is 0 Å². The number of rotatable bonds is 11. The Bertz CT molecular complexity index is 938. The highest BCUT2D eigenvalue weighted by molar-refractivity contribution is 5.84. The summed E-state index contributed by atoms with van der Waals surface area (Å²) in [4.78, 5) is 26.2. The lowest BCUT2D eigenvalue weighted by atomic mass is 10.0. The summed E-state index contributed by atoms with van der Waals surface area (Å²) in [5.41, 5.74) is 1.96. The van der Waals surface area contributed by atoms with Crippen LogP contribution in [0.5, 0.6) is 5.75 Å². The molecule has 0 spiro atoms. The van der Waals surface area contributed by atoms with Crippen molar-refractivity contribution in [3.05, 3.63) is 65.7 Å². The van der Waals surface area contributed by atoms with E-state index in [0.29, 0.717) is 32.2 Å². The van der Waals surface area contributed by atoms with Gasteiger partial charge >= 0.3 is 5.92 Å². The maximum absolute atomic E-state index is 14.8. The number of halogens is 2.